The molecular formula is C21H23N3O2. The van der Waals surface area contributed by atoms with E-state index in [1.54, 1.807) is 12.1 Å². The molecule has 0 bridgehead atoms. The van der Waals surface area contributed by atoms with Crippen LogP contribution in [0.25, 0.3) is 0 Å². The Morgan fingerprint density at radius 1 is 1.15 bits per heavy atom. The Bertz CT molecular complexity index is 768. The minimum absolute atomic E-state index is 0.00643. The molecule has 0 unspecified atom stereocenters. The molecule has 1 aliphatic rings. The van der Waals surface area contributed by atoms with Crippen LogP contribution in [0.3, 0.4) is 0 Å². The predicted molar refractivity (Wildman–Crippen MR) is 99.6 cm³/mol. The number of nitriles is 1. The van der Waals surface area contributed by atoms with Crippen molar-refractivity contribution in [3.63, 3.8) is 0 Å². The maximum Gasteiger partial charge on any atom is 0.261 e. The third kappa shape index (κ3) is 4.41. The van der Waals surface area contributed by atoms with Gasteiger partial charge in [-0.1, -0.05) is 42.5 Å². The minimum atomic E-state index is -0.00643. The molecule has 1 fully saturated rings. The van der Waals surface area contributed by atoms with Gasteiger partial charge in [-0.3, -0.25) is 4.79 Å². The van der Waals surface area contributed by atoms with Crippen LogP contribution in [0.15, 0.2) is 54.6 Å². The molecule has 26 heavy (non-hydrogen) atoms. The number of piperazine rings is 1. The average molecular weight is 349 g/mol. The summed E-state index contributed by atoms with van der Waals surface area (Å²) in [6.45, 7) is 2.39. The zero-order valence-corrected chi connectivity index (χ0v) is 15.0. The Labute approximate surface area is 154 Å². The number of ether oxygens (including phenoxy) is 1. The number of nitrogens with zero attached hydrogens (tertiary/aromatic N) is 3. The summed E-state index contributed by atoms with van der Waals surface area (Å²) in [4.78, 5) is 16.9. The van der Waals surface area contributed by atoms with Crippen LogP contribution < -0.4 is 4.74 Å². The first-order valence-corrected chi connectivity index (χ1v) is 8.79. The lowest BCUT2D eigenvalue weighted by atomic mass is 10.0. The van der Waals surface area contributed by atoms with Gasteiger partial charge < -0.3 is 14.5 Å². The second-order valence-electron chi connectivity index (χ2n) is 6.54. The quantitative estimate of drug-likeness (QED) is 0.833. The summed E-state index contributed by atoms with van der Waals surface area (Å²) in [5.41, 5.74) is 2.09. The molecule has 0 saturated carbocycles. The molecule has 0 aromatic heterocycles. The van der Waals surface area contributed by atoms with E-state index in [2.05, 4.69) is 30.1 Å². The second kappa shape index (κ2) is 8.50. The third-order valence-electron chi connectivity index (χ3n) is 4.66. The van der Waals surface area contributed by atoms with Gasteiger partial charge in [-0.15, -0.1) is 0 Å². The zero-order valence-electron chi connectivity index (χ0n) is 15.0. The van der Waals surface area contributed by atoms with Crippen molar-refractivity contribution in [2.24, 2.45) is 0 Å². The van der Waals surface area contributed by atoms with Crippen LogP contribution in [0.2, 0.25) is 0 Å². The molecule has 2 aromatic rings. The van der Waals surface area contributed by atoms with Gasteiger partial charge in [0, 0.05) is 19.6 Å². The third-order valence-corrected chi connectivity index (χ3v) is 4.66. The monoisotopic (exact) mass is 349 g/mol. The number of hydrogen-bond acceptors (Lipinski definition) is 4. The molecule has 0 N–H and O–H groups in total. The highest BCUT2D eigenvalue weighted by Gasteiger charge is 2.30. The molecule has 5 nitrogen and oxygen atoms in total. The highest BCUT2D eigenvalue weighted by Crippen LogP contribution is 2.25. The van der Waals surface area contributed by atoms with Crippen molar-refractivity contribution in [3.05, 3.63) is 65.7 Å². The molecule has 0 radical (unpaired) electrons. The smallest absolute Gasteiger partial charge is 0.261 e. The lowest BCUT2D eigenvalue weighted by Gasteiger charge is -2.40. The molecule has 5 heteroatoms. The molecule has 1 atom stereocenters. The molecule has 2 aromatic carbocycles. The van der Waals surface area contributed by atoms with Crippen molar-refractivity contribution in [2.75, 3.05) is 33.3 Å². The number of carbonyl (C=O) groups is 1. The summed E-state index contributed by atoms with van der Waals surface area (Å²) < 4.78 is 5.68. The first kappa shape index (κ1) is 18.0. The minimum Gasteiger partial charge on any atom is -0.484 e. The van der Waals surface area contributed by atoms with Crippen LogP contribution >= 0.6 is 0 Å². The van der Waals surface area contributed by atoms with Crippen molar-refractivity contribution in [1.82, 2.24) is 9.80 Å². The van der Waals surface area contributed by atoms with E-state index in [4.69, 9.17) is 10.00 Å². The van der Waals surface area contributed by atoms with Gasteiger partial charge in [0.2, 0.25) is 0 Å². The van der Waals surface area contributed by atoms with Gasteiger partial charge in [0.1, 0.15) is 5.75 Å². The molecular weight excluding hydrogens is 326 g/mol. The van der Waals surface area contributed by atoms with Gasteiger partial charge in [-0.25, -0.2) is 0 Å². The van der Waals surface area contributed by atoms with Crippen LogP contribution in [-0.2, 0) is 11.2 Å². The first-order chi connectivity index (χ1) is 12.7. The SMILES string of the molecule is CN1CCN(C(=O)COc2ccc(CC#N)cc2)[C@@H](c2ccccc2)C1. The fourth-order valence-electron chi connectivity index (χ4n) is 3.20. The highest BCUT2D eigenvalue weighted by molar-refractivity contribution is 5.78. The molecule has 1 amide bonds. The molecule has 1 heterocycles. The summed E-state index contributed by atoms with van der Waals surface area (Å²) in [5.74, 6) is 0.637. The fraction of sp³-hybridized carbons (Fsp3) is 0.333. The Morgan fingerprint density at radius 3 is 2.58 bits per heavy atom. The lowest BCUT2D eigenvalue weighted by Crippen LogP contribution is -2.50. The molecule has 3 rings (SSSR count). The second-order valence-corrected chi connectivity index (χ2v) is 6.54. The number of carbonyl (C=O) groups excluding carboxylic acids is 1. The van der Waals surface area contributed by atoms with Crippen molar-refractivity contribution < 1.29 is 9.53 Å². The number of rotatable bonds is 5. The Kier molecular flexibility index (Phi) is 5.88. The van der Waals surface area contributed by atoms with Crippen LogP contribution in [0.4, 0.5) is 0 Å². The van der Waals surface area contributed by atoms with E-state index < -0.39 is 0 Å². The topological polar surface area (TPSA) is 56.6 Å². The van der Waals surface area contributed by atoms with Crippen molar-refractivity contribution >= 4 is 5.91 Å². The van der Waals surface area contributed by atoms with E-state index in [1.165, 1.54) is 0 Å². The standard InChI is InChI=1S/C21H23N3O2/c1-23-13-14-24(20(15-23)18-5-3-2-4-6-18)21(25)16-26-19-9-7-17(8-10-19)11-12-22/h2-10,20H,11,13-16H2,1H3/t20-/m1/s1. The van der Waals surface area contributed by atoms with Crippen LogP contribution in [0.1, 0.15) is 17.2 Å². The highest BCUT2D eigenvalue weighted by atomic mass is 16.5. The lowest BCUT2D eigenvalue weighted by molar-refractivity contribution is -0.138. The summed E-state index contributed by atoms with van der Waals surface area (Å²) in [7, 11) is 2.08. The average Bonchev–Trinajstić information content (AvgIpc) is 2.68. The molecule has 1 saturated heterocycles. The summed E-state index contributed by atoms with van der Waals surface area (Å²) in [6, 6.07) is 19.6. The van der Waals surface area contributed by atoms with Crippen LogP contribution in [0, 0.1) is 11.3 Å². The van der Waals surface area contributed by atoms with Crippen LogP contribution in [0.5, 0.6) is 5.75 Å². The summed E-state index contributed by atoms with van der Waals surface area (Å²) in [6.07, 6.45) is 0.374. The van der Waals surface area contributed by atoms with Gasteiger partial charge in [0.25, 0.3) is 5.91 Å². The van der Waals surface area contributed by atoms with Crippen LogP contribution in [-0.4, -0.2) is 49.0 Å². The predicted octanol–water partition coefficient (Wildman–Crippen LogP) is 2.65. The Morgan fingerprint density at radius 2 is 1.88 bits per heavy atom. The van der Waals surface area contributed by atoms with Crippen molar-refractivity contribution in [2.45, 2.75) is 12.5 Å². The van der Waals surface area contributed by atoms with E-state index in [0.717, 1.165) is 24.2 Å². The van der Waals surface area contributed by atoms with E-state index in [9.17, 15) is 4.79 Å². The Balaban J connectivity index is 1.64. The normalized spacial score (nSPS) is 17.5. The first-order valence-electron chi connectivity index (χ1n) is 8.79. The van der Waals surface area contributed by atoms with E-state index in [1.807, 2.05) is 35.2 Å². The maximum atomic E-state index is 12.8. The van der Waals surface area contributed by atoms with E-state index >= 15 is 0 Å². The largest absolute Gasteiger partial charge is 0.484 e. The van der Waals surface area contributed by atoms with Gasteiger partial charge in [0.05, 0.1) is 18.5 Å². The van der Waals surface area contributed by atoms with Gasteiger partial charge in [-0.2, -0.15) is 5.26 Å². The Hall–Kier alpha value is -2.84. The number of hydrogen-bond donors (Lipinski definition) is 0. The number of benzene rings is 2. The van der Waals surface area contributed by atoms with Gasteiger partial charge >= 0.3 is 0 Å². The maximum absolute atomic E-state index is 12.8. The molecule has 0 spiro atoms. The number of likely N-dealkylation sites (N-methyl/N-ethyl adjacent to an activating group) is 1. The van der Waals surface area contributed by atoms with Gasteiger partial charge in [0.15, 0.2) is 6.61 Å². The van der Waals surface area contributed by atoms with E-state index in [0.29, 0.717) is 18.7 Å². The zero-order chi connectivity index (χ0) is 18.4. The molecule has 0 aliphatic carbocycles. The summed E-state index contributed by atoms with van der Waals surface area (Å²) in [5, 5.41) is 8.71. The van der Waals surface area contributed by atoms with E-state index in [-0.39, 0.29) is 18.6 Å². The summed E-state index contributed by atoms with van der Waals surface area (Å²) >= 11 is 0. The van der Waals surface area contributed by atoms with Crippen molar-refractivity contribution in [1.29, 1.82) is 5.26 Å². The number of amides is 1. The molecule has 134 valence electrons. The molecule has 1 aliphatic heterocycles. The fourth-order valence-corrected chi connectivity index (χ4v) is 3.20. The van der Waals surface area contributed by atoms with Gasteiger partial charge in [-0.05, 0) is 30.3 Å². The van der Waals surface area contributed by atoms with Crippen molar-refractivity contribution in [3.8, 4) is 11.8 Å².